The topological polar surface area (TPSA) is 55.1 Å². The molecule has 2 aromatic rings. The number of nitrogens with one attached hydrogen (secondary N) is 1. The summed E-state index contributed by atoms with van der Waals surface area (Å²) in [4.78, 5) is 11.9. The summed E-state index contributed by atoms with van der Waals surface area (Å²) in [7, 11) is 0. The Balaban J connectivity index is 2.22. The molecule has 0 radical (unpaired) electrons. The van der Waals surface area contributed by atoms with Crippen molar-refractivity contribution >= 4 is 38.3 Å². The average Bonchev–Trinajstić information content (AvgIpc) is 2.37. The van der Waals surface area contributed by atoms with E-state index in [-0.39, 0.29) is 17.9 Å². The largest absolute Gasteiger partial charge is 0.327 e. The first-order valence-corrected chi connectivity index (χ1v) is 7.02. The molecule has 0 aliphatic carbocycles. The zero-order chi connectivity index (χ0) is 14.0. The highest BCUT2D eigenvalue weighted by Crippen LogP contribution is 2.23. The molecule has 2 atom stereocenters. The van der Waals surface area contributed by atoms with E-state index < -0.39 is 0 Å². The summed E-state index contributed by atoms with van der Waals surface area (Å²) in [5.74, 6) is -0.257. The van der Waals surface area contributed by atoms with Crippen LogP contribution < -0.4 is 11.1 Å². The Hall–Kier alpha value is -1.39. The van der Waals surface area contributed by atoms with Gasteiger partial charge in [-0.3, -0.25) is 4.79 Å². The van der Waals surface area contributed by atoms with Gasteiger partial charge < -0.3 is 11.1 Å². The maximum Gasteiger partial charge on any atom is 0.228 e. The van der Waals surface area contributed by atoms with Crippen molar-refractivity contribution in [3.63, 3.8) is 0 Å². The minimum Gasteiger partial charge on any atom is -0.327 e. The van der Waals surface area contributed by atoms with Crippen molar-refractivity contribution in [2.75, 3.05) is 5.32 Å². The second-order valence-electron chi connectivity index (χ2n) is 4.84. The number of amides is 1. The minimum atomic E-state index is -0.208. The third-order valence-electron chi connectivity index (χ3n) is 3.27. The summed E-state index contributed by atoms with van der Waals surface area (Å²) < 4.78 is 1.04. The fourth-order valence-electron chi connectivity index (χ4n) is 1.79. The fraction of sp³-hybridized carbons (Fsp3) is 0.267. The SMILES string of the molecule is CC(N)C(C)C(=O)Nc1ccc2cc(Br)ccc2c1. The molecule has 0 aromatic heterocycles. The molecule has 2 rings (SSSR count). The van der Waals surface area contributed by atoms with Gasteiger partial charge in [-0.2, -0.15) is 0 Å². The lowest BCUT2D eigenvalue weighted by molar-refractivity contribution is -0.119. The number of carbonyl (C=O) groups excluding carboxylic acids is 1. The Labute approximate surface area is 121 Å². The summed E-state index contributed by atoms with van der Waals surface area (Å²) >= 11 is 3.44. The molecule has 2 aromatic carbocycles. The van der Waals surface area contributed by atoms with Crippen LogP contribution in [-0.4, -0.2) is 11.9 Å². The fourth-order valence-corrected chi connectivity index (χ4v) is 2.17. The van der Waals surface area contributed by atoms with Gasteiger partial charge in [0.05, 0.1) is 5.92 Å². The second kappa shape index (κ2) is 5.72. The molecule has 0 saturated heterocycles. The molecule has 0 bridgehead atoms. The molecule has 1 amide bonds. The van der Waals surface area contributed by atoms with Crippen molar-refractivity contribution in [1.82, 2.24) is 0 Å². The molecule has 100 valence electrons. The van der Waals surface area contributed by atoms with Gasteiger partial charge in [0.25, 0.3) is 0 Å². The van der Waals surface area contributed by atoms with Gasteiger partial charge >= 0.3 is 0 Å². The van der Waals surface area contributed by atoms with Crippen molar-refractivity contribution in [3.05, 3.63) is 40.9 Å². The molecule has 0 saturated carbocycles. The number of hydrogen-bond donors (Lipinski definition) is 2. The Kier molecular flexibility index (Phi) is 4.22. The molecule has 19 heavy (non-hydrogen) atoms. The molecule has 3 nitrogen and oxygen atoms in total. The molecule has 0 aliphatic heterocycles. The van der Waals surface area contributed by atoms with Crippen molar-refractivity contribution in [1.29, 1.82) is 0 Å². The summed E-state index contributed by atoms with van der Waals surface area (Å²) in [5.41, 5.74) is 6.53. The van der Waals surface area contributed by atoms with Crippen LogP contribution in [0.1, 0.15) is 13.8 Å². The van der Waals surface area contributed by atoms with E-state index in [1.165, 1.54) is 0 Å². The molecule has 0 spiro atoms. The van der Waals surface area contributed by atoms with Gasteiger partial charge in [0.2, 0.25) is 5.91 Å². The van der Waals surface area contributed by atoms with E-state index in [2.05, 4.69) is 21.2 Å². The highest BCUT2D eigenvalue weighted by molar-refractivity contribution is 9.10. The Morgan fingerprint density at radius 1 is 1.16 bits per heavy atom. The first-order valence-electron chi connectivity index (χ1n) is 6.23. The highest BCUT2D eigenvalue weighted by atomic mass is 79.9. The zero-order valence-corrected chi connectivity index (χ0v) is 12.6. The number of halogens is 1. The number of anilines is 1. The van der Waals surface area contributed by atoms with E-state index in [0.29, 0.717) is 0 Å². The van der Waals surface area contributed by atoms with Gasteiger partial charge in [-0.15, -0.1) is 0 Å². The quantitative estimate of drug-likeness (QED) is 0.909. The van der Waals surface area contributed by atoms with Crippen LogP contribution in [0, 0.1) is 5.92 Å². The lowest BCUT2D eigenvalue weighted by Crippen LogP contribution is -2.34. The van der Waals surface area contributed by atoms with Crippen molar-refractivity contribution in [3.8, 4) is 0 Å². The smallest absolute Gasteiger partial charge is 0.228 e. The van der Waals surface area contributed by atoms with E-state index in [4.69, 9.17) is 5.73 Å². The molecule has 2 unspecified atom stereocenters. The normalized spacial score (nSPS) is 14.1. The predicted octanol–water partition coefficient (Wildman–Crippen LogP) is 3.52. The van der Waals surface area contributed by atoms with Crippen LogP contribution in [0.5, 0.6) is 0 Å². The number of nitrogens with two attached hydrogens (primary N) is 1. The molecule has 4 heteroatoms. The average molecular weight is 321 g/mol. The number of carbonyl (C=O) groups is 1. The highest BCUT2D eigenvalue weighted by Gasteiger charge is 2.16. The maximum atomic E-state index is 11.9. The monoisotopic (exact) mass is 320 g/mol. The van der Waals surface area contributed by atoms with Crippen LogP contribution in [0.3, 0.4) is 0 Å². The first-order chi connectivity index (χ1) is 8.97. The van der Waals surface area contributed by atoms with E-state index in [1.807, 2.05) is 50.2 Å². The van der Waals surface area contributed by atoms with Crippen LogP contribution in [0.15, 0.2) is 40.9 Å². The van der Waals surface area contributed by atoms with Gasteiger partial charge in [-0.25, -0.2) is 0 Å². The Morgan fingerprint density at radius 2 is 1.79 bits per heavy atom. The number of rotatable bonds is 3. The van der Waals surface area contributed by atoms with Crippen LogP contribution in [-0.2, 0) is 4.79 Å². The number of hydrogen-bond acceptors (Lipinski definition) is 2. The van der Waals surface area contributed by atoms with Crippen LogP contribution in [0.4, 0.5) is 5.69 Å². The van der Waals surface area contributed by atoms with Crippen LogP contribution >= 0.6 is 15.9 Å². The van der Waals surface area contributed by atoms with Gasteiger partial charge in [0, 0.05) is 16.2 Å². The minimum absolute atomic E-state index is 0.0496. The van der Waals surface area contributed by atoms with Crippen molar-refractivity contribution < 1.29 is 4.79 Å². The van der Waals surface area contributed by atoms with Crippen LogP contribution in [0.2, 0.25) is 0 Å². The van der Waals surface area contributed by atoms with Crippen molar-refractivity contribution in [2.24, 2.45) is 11.7 Å². The summed E-state index contributed by atoms with van der Waals surface area (Å²) in [5, 5.41) is 5.12. The third kappa shape index (κ3) is 3.33. The summed E-state index contributed by atoms with van der Waals surface area (Å²) in [6.45, 7) is 3.67. The molecule has 0 heterocycles. The molecule has 3 N–H and O–H groups in total. The maximum absolute atomic E-state index is 11.9. The Bertz CT molecular complexity index is 610. The van der Waals surface area contributed by atoms with E-state index in [9.17, 15) is 4.79 Å². The van der Waals surface area contributed by atoms with Crippen LogP contribution in [0.25, 0.3) is 10.8 Å². The Morgan fingerprint density at radius 3 is 2.47 bits per heavy atom. The molecular formula is C15H17BrN2O. The van der Waals surface area contributed by atoms with E-state index in [1.54, 1.807) is 0 Å². The first kappa shape index (κ1) is 14.0. The van der Waals surface area contributed by atoms with Gasteiger partial charge in [0.15, 0.2) is 0 Å². The predicted molar refractivity (Wildman–Crippen MR) is 83.1 cm³/mol. The summed E-state index contributed by atoms with van der Waals surface area (Å²) in [6.07, 6.45) is 0. The van der Waals surface area contributed by atoms with Gasteiger partial charge in [-0.05, 0) is 42.0 Å². The molecule has 0 fully saturated rings. The number of fused-ring (bicyclic) bond motifs is 1. The van der Waals surface area contributed by atoms with Gasteiger partial charge in [-0.1, -0.05) is 35.0 Å². The standard InChI is InChI=1S/C15H17BrN2O/c1-9(10(2)17)15(19)18-14-6-4-11-7-13(16)5-3-12(11)8-14/h3-10H,17H2,1-2H3,(H,18,19). The lowest BCUT2D eigenvalue weighted by Gasteiger charge is -2.15. The lowest BCUT2D eigenvalue weighted by atomic mass is 10.0. The van der Waals surface area contributed by atoms with E-state index in [0.717, 1.165) is 20.9 Å². The van der Waals surface area contributed by atoms with Gasteiger partial charge in [0.1, 0.15) is 0 Å². The second-order valence-corrected chi connectivity index (χ2v) is 5.76. The third-order valence-corrected chi connectivity index (χ3v) is 3.77. The zero-order valence-electron chi connectivity index (χ0n) is 11.0. The summed E-state index contributed by atoms with van der Waals surface area (Å²) in [6, 6.07) is 11.8. The number of benzene rings is 2. The van der Waals surface area contributed by atoms with Crippen molar-refractivity contribution in [2.45, 2.75) is 19.9 Å². The molecule has 0 aliphatic rings. The van der Waals surface area contributed by atoms with E-state index >= 15 is 0 Å². The molecular weight excluding hydrogens is 304 g/mol.